The Labute approximate surface area is 137 Å². The number of halogens is 3. The van der Waals surface area contributed by atoms with Crippen molar-refractivity contribution >= 4 is 27.5 Å². The van der Waals surface area contributed by atoms with Crippen LogP contribution >= 0.6 is 27.5 Å². The minimum atomic E-state index is -0.397. The van der Waals surface area contributed by atoms with E-state index in [-0.39, 0.29) is 17.2 Å². The summed E-state index contributed by atoms with van der Waals surface area (Å²) in [7, 11) is 0. The summed E-state index contributed by atoms with van der Waals surface area (Å²) in [5.41, 5.74) is 7.11. The molecule has 0 aliphatic carbocycles. The van der Waals surface area contributed by atoms with Crippen LogP contribution in [0.3, 0.4) is 0 Å². The van der Waals surface area contributed by atoms with Crippen LogP contribution in [0, 0.1) is 5.82 Å². The van der Waals surface area contributed by atoms with Crippen LogP contribution in [0.5, 0.6) is 5.75 Å². The van der Waals surface area contributed by atoms with E-state index in [9.17, 15) is 4.39 Å². The topological polar surface area (TPSA) is 35.2 Å². The smallest absolute Gasteiger partial charge is 0.139 e. The fourth-order valence-electron chi connectivity index (χ4n) is 2.01. The maximum absolute atomic E-state index is 13.1. The quantitative estimate of drug-likeness (QED) is 0.792. The van der Waals surface area contributed by atoms with Gasteiger partial charge in [-0.2, -0.15) is 0 Å². The Morgan fingerprint density at radius 1 is 1.29 bits per heavy atom. The molecule has 0 aromatic heterocycles. The molecular formula is C16H16BrClFNO. The summed E-state index contributed by atoms with van der Waals surface area (Å²) in [4.78, 5) is 0. The second-order valence-corrected chi connectivity index (χ2v) is 6.06. The average Bonchev–Trinajstić information content (AvgIpc) is 2.45. The summed E-state index contributed by atoms with van der Waals surface area (Å²) in [5, 5.41) is 0.235. The van der Waals surface area contributed by atoms with Gasteiger partial charge in [-0.05, 0) is 42.3 Å². The molecule has 2 rings (SSSR count). The molecule has 0 radical (unpaired) electrons. The number of ether oxygens (including phenoxy) is 1. The first-order valence-electron chi connectivity index (χ1n) is 6.64. The third-order valence-corrected chi connectivity index (χ3v) is 3.97. The second kappa shape index (κ2) is 7.25. The highest BCUT2D eigenvalue weighted by atomic mass is 79.9. The molecule has 5 heteroatoms. The van der Waals surface area contributed by atoms with Crippen LogP contribution in [0.1, 0.15) is 25.0 Å². The molecule has 2 aromatic carbocycles. The minimum Gasteiger partial charge on any atom is -0.483 e. The van der Waals surface area contributed by atoms with Crippen LogP contribution in [0.4, 0.5) is 4.39 Å². The van der Waals surface area contributed by atoms with Crippen LogP contribution in [-0.2, 0) is 0 Å². The molecule has 0 aliphatic heterocycles. The van der Waals surface area contributed by atoms with Gasteiger partial charge in [-0.3, -0.25) is 0 Å². The standard InChI is InChI=1S/C16H16BrClFNO/c1-2-14(20)16(10-4-3-5-11(17)8-10)21-15-7-6-12(19)9-13(15)18/h3-9,14,16H,2,20H2,1H3. The fraction of sp³-hybridized carbons (Fsp3) is 0.250. The Morgan fingerprint density at radius 3 is 2.67 bits per heavy atom. The molecule has 2 N–H and O–H groups in total. The normalized spacial score (nSPS) is 13.8. The van der Waals surface area contributed by atoms with E-state index in [1.807, 2.05) is 31.2 Å². The lowest BCUT2D eigenvalue weighted by molar-refractivity contribution is 0.171. The number of hydrogen-bond acceptors (Lipinski definition) is 2. The van der Waals surface area contributed by atoms with Gasteiger partial charge in [0, 0.05) is 10.5 Å². The van der Waals surface area contributed by atoms with Crippen molar-refractivity contribution in [1.82, 2.24) is 0 Å². The molecule has 112 valence electrons. The van der Waals surface area contributed by atoms with Crippen LogP contribution in [-0.4, -0.2) is 6.04 Å². The van der Waals surface area contributed by atoms with Crippen LogP contribution < -0.4 is 10.5 Å². The third kappa shape index (κ3) is 4.19. The van der Waals surface area contributed by atoms with Gasteiger partial charge in [-0.25, -0.2) is 4.39 Å². The van der Waals surface area contributed by atoms with Crippen LogP contribution in [0.2, 0.25) is 5.02 Å². The average molecular weight is 373 g/mol. The largest absolute Gasteiger partial charge is 0.483 e. The molecule has 0 saturated heterocycles. The van der Waals surface area contributed by atoms with Gasteiger partial charge in [-0.1, -0.05) is 46.6 Å². The zero-order valence-corrected chi connectivity index (χ0v) is 13.9. The Bertz CT molecular complexity index is 623. The molecule has 0 saturated carbocycles. The Kier molecular flexibility index (Phi) is 5.62. The third-order valence-electron chi connectivity index (χ3n) is 3.19. The van der Waals surface area contributed by atoms with Crippen molar-refractivity contribution in [3.05, 3.63) is 63.3 Å². The highest BCUT2D eigenvalue weighted by Crippen LogP contribution is 2.32. The van der Waals surface area contributed by atoms with Crippen molar-refractivity contribution in [1.29, 1.82) is 0 Å². The summed E-state index contributed by atoms with van der Waals surface area (Å²) in [6, 6.07) is 11.6. The molecule has 0 heterocycles. The van der Waals surface area contributed by atoms with E-state index in [2.05, 4.69) is 15.9 Å². The van der Waals surface area contributed by atoms with Crippen molar-refractivity contribution in [2.24, 2.45) is 5.73 Å². The maximum Gasteiger partial charge on any atom is 0.139 e. The molecule has 2 unspecified atom stereocenters. The number of rotatable bonds is 5. The lowest BCUT2D eigenvalue weighted by atomic mass is 10.0. The predicted octanol–water partition coefficient (Wildman–Crippen LogP) is 5.10. The molecular weight excluding hydrogens is 357 g/mol. The SMILES string of the molecule is CCC(N)C(Oc1ccc(F)cc1Cl)c1cccc(Br)c1. The van der Waals surface area contributed by atoms with Gasteiger partial charge >= 0.3 is 0 Å². The van der Waals surface area contributed by atoms with E-state index in [4.69, 9.17) is 22.1 Å². The van der Waals surface area contributed by atoms with Gasteiger partial charge in [0.2, 0.25) is 0 Å². The molecule has 0 bridgehead atoms. The number of nitrogens with two attached hydrogens (primary N) is 1. The first kappa shape index (κ1) is 16.3. The molecule has 0 spiro atoms. The molecule has 2 aromatic rings. The lowest BCUT2D eigenvalue weighted by Crippen LogP contribution is -2.31. The van der Waals surface area contributed by atoms with E-state index >= 15 is 0 Å². The van der Waals surface area contributed by atoms with Gasteiger partial charge in [0.25, 0.3) is 0 Å². The van der Waals surface area contributed by atoms with Gasteiger partial charge in [0.15, 0.2) is 0 Å². The van der Waals surface area contributed by atoms with Crippen LogP contribution in [0.25, 0.3) is 0 Å². The van der Waals surface area contributed by atoms with E-state index in [0.717, 1.165) is 16.5 Å². The highest BCUT2D eigenvalue weighted by Gasteiger charge is 2.22. The van der Waals surface area contributed by atoms with Crippen molar-refractivity contribution in [3.63, 3.8) is 0 Å². The monoisotopic (exact) mass is 371 g/mol. The summed E-state index contributed by atoms with van der Waals surface area (Å²) < 4.78 is 20.0. The van der Waals surface area contributed by atoms with E-state index in [1.165, 1.54) is 18.2 Å². The maximum atomic E-state index is 13.1. The number of hydrogen-bond donors (Lipinski definition) is 1. The van der Waals surface area contributed by atoms with Gasteiger partial charge in [0.05, 0.1) is 5.02 Å². The summed E-state index contributed by atoms with van der Waals surface area (Å²) >= 11 is 9.46. The van der Waals surface area contributed by atoms with E-state index in [1.54, 1.807) is 0 Å². The summed E-state index contributed by atoms with van der Waals surface area (Å²) in [6.07, 6.45) is 0.395. The molecule has 0 aliphatic rings. The predicted molar refractivity (Wildman–Crippen MR) is 87.2 cm³/mol. The number of benzene rings is 2. The lowest BCUT2D eigenvalue weighted by Gasteiger charge is -2.25. The van der Waals surface area contributed by atoms with Gasteiger partial charge in [0.1, 0.15) is 17.7 Å². The van der Waals surface area contributed by atoms with Crippen molar-refractivity contribution < 1.29 is 9.13 Å². The first-order chi connectivity index (χ1) is 10.0. The zero-order chi connectivity index (χ0) is 15.4. The molecule has 2 nitrogen and oxygen atoms in total. The Balaban J connectivity index is 2.33. The van der Waals surface area contributed by atoms with Crippen LogP contribution in [0.15, 0.2) is 46.9 Å². The highest BCUT2D eigenvalue weighted by molar-refractivity contribution is 9.10. The Hall–Kier alpha value is -1.10. The van der Waals surface area contributed by atoms with Gasteiger partial charge in [-0.15, -0.1) is 0 Å². The second-order valence-electron chi connectivity index (χ2n) is 4.74. The van der Waals surface area contributed by atoms with E-state index < -0.39 is 5.82 Å². The van der Waals surface area contributed by atoms with Crippen molar-refractivity contribution in [2.45, 2.75) is 25.5 Å². The fourth-order valence-corrected chi connectivity index (χ4v) is 2.64. The zero-order valence-electron chi connectivity index (χ0n) is 11.5. The molecule has 21 heavy (non-hydrogen) atoms. The van der Waals surface area contributed by atoms with Crippen molar-refractivity contribution in [3.8, 4) is 5.75 Å². The first-order valence-corrected chi connectivity index (χ1v) is 7.81. The van der Waals surface area contributed by atoms with Gasteiger partial charge < -0.3 is 10.5 Å². The molecule has 2 atom stereocenters. The minimum absolute atomic E-state index is 0.194. The summed E-state index contributed by atoms with van der Waals surface area (Å²) in [5.74, 6) is 0.0260. The van der Waals surface area contributed by atoms with Crippen molar-refractivity contribution in [2.75, 3.05) is 0 Å². The molecule has 0 amide bonds. The Morgan fingerprint density at radius 2 is 2.05 bits per heavy atom. The summed E-state index contributed by atoms with van der Waals surface area (Å²) in [6.45, 7) is 1.99. The molecule has 0 fully saturated rings. The van der Waals surface area contributed by atoms with E-state index in [0.29, 0.717) is 5.75 Å².